The molecule has 0 unspecified atom stereocenters. The van der Waals surface area contributed by atoms with Crippen molar-refractivity contribution in [1.82, 2.24) is 0 Å². The second-order valence-corrected chi connectivity index (χ2v) is 2.01. The molecule has 0 aliphatic carbocycles. The van der Waals surface area contributed by atoms with Gasteiger partial charge in [0.1, 0.15) is 0 Å². The van der Waals surface area contributed by atoms with E-state index in [-0.39, 0.29) is 17.1 Å². The molecular formula is C6H13CuN2O. The van der Waals surface area contributed by atoms with Gasteiger partial charge in [-0.05, 0) is 19.4 Å². The Morgan fingerprint density at radius 1 is 1.40 bits per heavy atom. The molecule has 0 heterocycles. The number of hydrogen-bond acceptors (Lipinski definition) is 3. The van der Waals surface area contributed by atoms with Gasteiger partial charge in [-0.25, -0.2) is 0 Å². The van der Waals surface area contributed by atoms with Crippen LogP contribution in [0.4, 0.5) is 0 Å². The van der Waals surface area contributed by atoms with E-state index in [4.69, 9.17) is 11.5 Å². The van der Waals surface area contributed by atoms with Crippen LogP contribution in [0.15, 0.2) is 0 Å². The molecule has 0 saturated carbocycles. The molecule has 1 atom stereocenters. The zero-order valence-electron chi connectivity index (χ0n) is 5.77. The molecule has 0 aliphatic heterocycles. The summed E-state index contributed by atoms with van der Waals surface area (Å²) in [5.74, 6) is 0. The first kappa shape index (κ1) is 12.8. The van der Waals surface area contributed by atoms with Gasteiger partial charge in [-0.3, -0.25) is 4.79 Å². The van der Waals surface area contributed by atoms with Crippen molar-refractivity contribution >= 4 is 6.29 Å². The first-order valence-electron chi connectivity index (χ1n) is 3.14. The zero-order chi connectivity index (χ0) is 7.11. The molecule has 0 fully saturated rings. The molecule has 10 heavy (non-hydrogen) atoms. The van der Waals surface area contributed by atoms with Gasteiger partial charge in [0.25, 0.3) is 0 Å². The molecule has 0 aliphatic rings. The monoisotopic (exact) mass is 192 g/mol. The third-order valence-electron chi connectivity index (χ3n) is 1.12. The van der Waals surface area contributed by atoms with E-state index in [1.807, 2.05) is 0 Å². The summed E-state index contributed by atoms with van der Waals surface area (Å²) in [6, 6.07) is -0.406. The fourth-order valence-corrected chi connectivity index (χ4v) is 0.568. The number of carbonyl (C=O) groups excluding carboxylic acids is 1. The summed E-state index contributed by atoms with van der Waals surface area (Å²) in [6.07, 6.45) is 4.28. The molecule has 0 bridgehead atoms. The van der Waals surface area contributed by atoms with Crippen molar-refractivity contribution in [2.45, 2.75) is 25.3 Å². The molecule has 0 rings (SSSR count). The maximum Gasteiger partial charge on any atom is 0.216 e. The number of unbranched alkanes of at least 4 members (excludes halogenated alkanes) is 1. The van der Waals surface area contributed by atoms with Crippen molar-refractivity contribution in [2.24, 2.45) is 11.5 Å². The van der Waals surface area contributed by atoms with E-state index in [0.29, 0.717) is 13.0 Å². The van der Waals surface area contributed by atoms with Gasteiger partial charge in [-0.15, -0.1) is 0 Å². The van der Waals surface area contributed by atoms with Crippen LogP contribution in [0.5, 0.6) is 0 Å². The fourth-order valence-electron chi connectivity index (χ4n) is 0.568. The molecule has 2 radical (unpaired) electrons. The average Bonchev–Trinajstić information content (AvgIpc) is 1.89. The number of rotatable bonds is 5. The predicted molar refractivity (Wildman–Crippen MR) is 36.6 cm³/mol. The van der Waals surface area contributed by atoms with E-state index >= 15 is 0 Å². The summed E-state index contributed by atoms with van der Waals surface area (Å²) in [4.78, 5) is 9.82. The minimum absolute atomic E-state index is 0. The van der Waals surface area contributed by atoms with Gasteiger partial charge in [0.05, 0.1) is 6.04 Å². The van der Waals surface area contributed by atoms with Gasteiger partial charge in [0.15, 0.2) is 0 Å². The summed E-state index contributed by atoms with van der Waals surface area (Å²) in [5, 5.41) is 0. The van der Waals surface area contributed by atoms with Gasteiger partial charge in [0, 0.05) is 17.1 Å². The van der Waals surface area contributed by atoms with Crippen LogP contribution >= 0.6 is 0 Å². The Morgan fingerprint density at radius 2 is 2.00 bits per heavy atom. The Morgan fingerprint density at radius 3 is 2.40 bits per heavy atom. The Labute approximate surface area is 72.0 Å². The van der Waals surface area contributed by atoms with Crippen molar-refractivity contribution in [3.05, 3.63) is 0 Å². The maximum absolute atomic E-state index is 9.82. The molecular weight excluding hydrogens is 180 g/mol. The van der Waals surface area contributed by atoms with Gasteiger partial charge in [-0.1, -0.05) is 6.42 Å². The Bertz CT molecular complexity index is 80.1. The molecule has 0 aromatic heterocycles. The van der Waals surface area contributed by atoms with Crippen molar-refractivity contribution < 1.29 is 21.9 Å². The first-order chi connectivity index (χ1) is 4.31. The second kappa shape index (κ2) is 9.11. The van der Waals surface area contributed by atoms with E-state index in [0.717, 1.165) is 12.8 Å². The summed E-state index contributed by atoms with van der Waals surface area (Å²) >= 11 is 0. The van der Waals surface area contributed by atoms with Crippen LogP contribution in [0.1, 0.15) is 19.3 Å². The molecule has 64 valence electrons. The summed E-state index contributed by atoms with van der Waals surface area (Å²) in [6.45, 7) is 0.672. The zero-order valence-corrected chi connectivity index (χ0v) is 6.71. The third kappa shape index (κ3) is 8.11. The van der Waals surface area contributed by atoms with Gasteiger partial charge >= 0.3 is 0 Å². The third-order valence-corrected chi connectivity index (χ3v) is 1.12. The summed E-state index contributed by atoms with van der Waals surface area (Å²) in [7, 11) is 0. The van der Waals surface area contributed by atoms with Crippen molar-refractivity contribution in [2.75, 3.05) is 6.54 Å². The molecule has 0 saturated heterocycles. The smallest absolute Gasteiger partial charge is 0.216 e. The van der Waals surface area contributed by atoms with Crippen LogP contribution < -0.4 is 11.5 Å². The maximum atomic E-state index is 9.82. The van der Waals surface area contributed by atoms with E-state index in [2.05, 4.69) is 0 Å². The molecule has 0 amide bonds. The van der Waals surface area contributed by atoms with Gasteiger partial charge in [0.2, 0.25) is 6.29 Å². The standard InChI is InChI=1S/C6H13N2O.Cu/c7-4-2-1-3-6(8)5-9;/h6H,1-4,7-8H2;/t6-;/m0./s1. The molecule has 4 heteroatoms. The Kier molecular flexibility index (Phi) is 11.6. The normalized spacial score (nSPS) is 11.8. The van der Waals surface area contributed by atoms with E-state index < -0.39 is 6.04 Å². The topological polar surface area (TPSA) is 69.1 Å². The van der Waals surface area contributed by atoms with Crippen LogP contribution in [0, 0.1) is 0 Å². The van der Waals surface area contributed by atoms with E-state index in [1.165, 1.54) is 0 Å². The summed E-state index contributed by atoms with van der Waals surface area (Å²) < 4.78 is 0. The van der Waals surface area contributed by atoms with Crippen LogP contribution in [0.2, 0.25) is 0 Å². The largest absolute Gasteiger partial charge is 0.330 e. The quantitative estimate of drug-likeness (QED) is 0.458. The van der Waals surface area contributed by atoms with Crippen LogP contribution in [0.3, 0.4) is 0 Å². The molecule has 0 spiro atoms. The predicted octanol–water partition coefficient (Wildman–Crippen LogP) is -0.450. The van der Waals surface area contributed by atoms with Crippen molar-refractivity contribution in [1.29, 1.82) is 0 Å². The SMILES string of the molecule is NCCCC[C@H](N)[C]=O.[Cu]. The number of hydrogen-bond donors (Lipinski definition) is 2. The second-order valence-electron chi connectivity index (χ2n) is 2.01. The van der Waals surface area contributed by atoms with Gasteiger partial charge < -0.3 is 11.5 Å². The molecule has 3 nitrogen and oxygen atoms in total. The first-order valence-corrected chi connectivity index (χ1v) is 3.14. The van der Waals surface area contributed by atoms with Crippen LogP contribution in [0.25, 0.3) is 0 Å². The van der Waals surface area contributed by atoms with E-state index in [1.54, 1.807) is 6.29 Å². The Hall–Kier alpha value is 0.109. The summed E-state index contributed by atoms with van der Waals surface area (Å²) in [5.41, 5.74) is 10.5. The van der Waals surface area contributed by atoms with Crippen molar-refractivity contribution in [3.8, 4) is 0 Å². The number of nitrogens with two attached hydrogens (primary N) is 2. The molecule has 0 aromatic carbocycles. The Balaban J connectivity index is 0. The van der Waals surface area contributed by atoms with Crippen molar-refractivity contribution in [3.63, 3.8) is 0 Å². The average molecular weight is 193 g/mol. The van der Waals surface area contributed by atoms with Crippen LogP contribution in [-0.4, -0.2) is 18.9 Å². The van der Waals surface area contributed by atoms with E-state index in [9.17, 15) is 4.79 Å². The minimum atomic E-state index is -0.406. The molecule has 0 aromatic rings. The molecule has 4 N–H and O–H groups in total. The minimum Gasteiger partial charge on any atom is -0.330 e. The van der Waals surface area contributed by atoms with Gasteiger partial charge in [-0.2, -0.15) is 0 Å². The van der Waals surface area contributed by atoms with Crippen LogP contribution in [-0.2, 0) is 21.9 Å². The fraction of sp³-hybridized carbons (Fsp3) is 0.833.